The van der Waals surface area contributed by atoms with Crippen LogP contribution in [0.2, 0.25) is 0 Å². The lowest BCUT2D eigenvalue weighted by Crippen LogP contribution is -2.44. The van der Waals surface area contributed by atoms with Gasteiger partial charge in [0, 0.05) is 0 Å². The Morgan fingerprint density at radius 1 is 1.31 bits per heavy atom. The third-order valence-corrected chi connectivity index (χ3v) is 3.45. The summed E-state index contributed by atoms with van der Waals surface area (Å²) < 4.78 is 11.5. The maximum Gasteiger partial charge on any atom is 0.360 e. The highest BCUT2D eigenvalue weighted by atomic mass is 28.2. The van der Waals surface area contributed by atoms with E-state index in [0.29, 0.717) is 9.76 Å². The van der Waals surface area contributed by atoms with Gasteiger partial charge in [-0.15, -0.1) is 0 Å². The lowest BCUT2D eigenvalue weighted by Gasteiger charge is -2.33. The largest absolute Gasteiger partial charge is 0.534 e. The quantitative estimate of drug-likeness (QED) is 0.635. The molecular weight excluding hydrogens is 180 g/mol. The summed E-state index contributed by atoms with van der Waals surface area (Å²) in [5.74, 6) is 1.73. The number of rotatable bonds is 1. The number of para-hydroxylation sites is 2. The first kappa shape index (κ1) is 8.63. The van der Waals surface area contributed by atoms with Gasteiger partial charge < -0.3 is 9.16 Å². The molecule has 1 aromatic carbocycles. The maximum absolute atomic E-state index is 5.86. The Morgan fingerprint density at radius 3 is 2.69 bits per heavy atom. The van der Waals surface area contributed by atoms with Gasteiger partial charge in [-0.1, -0.05) is 19.1 Å². The molecule has 13 heavy (non-hydrogen) atoms. The molecule has 0 bridgehead atoms. The molecule has 1 aliphatic rings. The second kappa shape index (κ2) is 3.07. The van der Waals surface area contributed by atoms with Gasteiger partial charge in [-0.05, 0) is 25.5 Å². The molecule has 0 saturated heterocycles. The van der Waals surface area contributed by atoms with Crippen molar-refractivity contribution in [3.8, 4) is 11.5 Å². The monoisotopic (exact) mass is 192 g/mol. The molecule has 1 aliphatic heterocycles. The van der Waals surface area contributed by atoms with Gasteiger partial charge in [0.1, 0.15) is 11.0 Å². The van der Waals surface area contributed by atoms with Crippen LogP contribution in [0.15, 0.2) is 24.3 Å². The molecule has 0 spiro atoms. The van der Waals surface area contributed by atoms with E-state index in [1.807, 2.05) is 24.3 Å². The van der Waals surface area contributed by atoms with Gasteiger partial charge in [-0.25, -0.2) is 0 Å². The summed E-state index contributed by atoms with van der Waals surface area (Å²) in [6.45, 7) is 4.20. The minimum atomic E-state index is -0.131. The third-order valence-electron chi connectivity index (χ3n) is 2.24. The van der Waals surface area contributed by atoms with E-state index >= 15 is 0 Å². The van der Waals surface area contributed by atoms with Crippen molar-refractivity contribution in [1.29, 1.82) is 0 Å². The van der Waals surface area contributed by atoms with Crippen molar-refractivity contribution >= 4 is 9.76 Å². The van der Waals surface area contributed by atoms with E-state index in [4.69, 9.17) is 9.16 Å². The molecule has 0 saturated carbocycles. The molecule has 0 fully saturated rings. The van der Waals surface area contributed by atoms with Crippen LogP contribution in [-0.2, 0) is 0 Å². The zero-order valence-corrected chi connectivity index (χ0v) is 8.83. The van der Waals surface area contributed by atoms with Gasteiger partial charge >= 0.3 is 9.76 Å². The van der Waals surface area contributed by atoms with Gasteiger partial charge in [0.15, 0.2) is 5.75 Å². The predicted octanol–water partition coefficient (Wildman–Crippen LogP) is 2.20. The van der Waals surface area contributed by atoms with Crippen molar-refractivity contribution in [3.05, 3.63) is 24.3 Å². The van der Waals surface area contributed by atoms with Crippen LogP contribution in [0.1, 0.15) is 20.3 Å². The molecule has 0 N–H and O–H groups in total. The van der Waals surface area contributed by atoms with E-state index in [0.717, 1.165) is 17.9 Å². The molecular formula is C10H12O2Si. The number of ether oxygens (including phenoxy) is 1. The summed E-state index contributed by atoms with van der Waals surface area (Å²) in [5, 5.41) is -0.131. The van der Waals surface area contributed by atoms with Crippen LogP contribution in [-0.4, -0.2) is 15.0 Å². The van der Waals surface area contributed by atoms with Crippen LogP contribution in [0.5, 0.6) is 11.5 Å². The van der Waals surface area contributed by atoms with E-state index in [9.17, 15) is 0 Å². The molecule has 0 aliphatic carbocycles. The Kier molecular flexibility index (Phi) is 2.04. The zero-order valence-electron chi connectivity index (χ0n) is 7.83. The molecule has 0 amide bonds. The first-order valence-corrected chi connectivity index (χ1v) is 5.36. The van der Waals surface area contributed by atoms with E-state index in [-0.39, 0.29) is 5.22 Å². The Hall–Kier alpha value is -0.963. The first-order chi connectivity index (χ1) is 6.23. The number of hydrogen-bond acceptors (Lipinski definition) is 2. The highest BCUT2D eigenvalue weighted by Crippen LogP contribution is 2.34. The Labute approximate surface area is 80.8 Å². The van der Waals surface area contributed by atoms with Gasteiger partial charge in [-0.2, -0.15) is 0 Å². The van der Waals surface area contributed by atoms with Crippen LogP contribution in [0.4, 0.5) is 0 Å². The smallest absolute Gasteiger partial charge is 0.360 e. The third kappa shape index (κ3) is 1.56. The van der Waals surface area contributed by atoms with Crippen LogP contribution in [0, 0.1) is 0 Å². The molecule has 2 rings (SSSR count). The number of fused-ring (bicyclic) bond motifs is 1. The van der Waals surface area contributed by atoms with Crippen molar-refractivity contribution in [3.63, 3.8) is 0 Å². The normalized spacial score (nSPS) is 25.7. The molecule has 0 aromatic heterocycles. The van der Waals surface area contributed by atoms with Crippen LogP contribution < -0.4 is 9.16 Å². The summed E-state index contributed by atoms with van der Waals surface area (Å²) >= 11 is 0. The topological polar surface area (TPSA) is 18.5 Å². The van der Waals surface area contributed by atoms with E-state index in [1.165, 1.54) is 0 Å². The van der Waals surface area contributed by atoms with Gasteiger partial charge in [0.05, 0.1) is 0 Å². The minimum absolute atomic E-state index is 0.131. The summed E-state index contributed by atoms with van der Waals surface area (Å²) in [5.41, 5.74) is 0. The summed E-state index contributed by atoms with van der Waals surface area (Å²) in [7, 11) is 0.391. The van der Waals surface area contributed by atoms with E-state index < -0.39 is 0 Å². The first-order valence-electron chi connectivity index (χ1n) is 4.45. The van der Waals surface area contributed by atoms with Gasteiger partial charge in [0.2, 0.25) is 0 Å². The number of hydrogen-bond donors (Lipinski definition) is 0. The van der Waals surface area contributed by atoms with E-state index in [1.54, 1.807) is 0 Å². The average molecular weight is 192 g/mol. The van der Waals surface area contributed by atoms with Crippen molar-refractivity contribution in [2.45, 2.75) is 25.5 Å². The summed E-state index contributed by atoms with van der Waals surface area (Å²) in [4.78, 5) is 0. The van der Waals surface area contributed by atoms with Crippen LogP contribution in [0.3, 0.4) is 0 Å². The highest BCUT2D eigenvalue weighted by Gasteiger charge is 2.33. The fourth-order valence-electron chi connectivity index (χ4n) is 1.19. The van der Waals surface area contributed by atoms with Crippen molar-refractivity contribution in [2.75, 3.05) is 0 Å². The Morgan fingerprint density at radius 2 is 2.00 bits per heavy atom. The minimum Gasteiger partial charge on any atom is -0.534 e. The van der Waals surface area contributed by atoms with Crippen molar-refractivity contribution < 1.29 is 9.16 Å². The molecule has 2 radical (unpaired) electrons. The molecule has 3 heteroatoms. The predicted molar refractivity (Wildman–Crippen MR) is 52.1 cm³/mol. The second-order valence-electron chi connectivity index (χ2n) is 3.34. The SMILES string of the molecule is CCC1(C)Oc2ccccc2O[Si]1. The molecule has 1 unspecified atom stereocenters. The molecule has 1 atom stereocenters. The van der Waals surface area contributed by atoms with Gasteiger partial charge in [0.25, 0.3) is 0 Å². The van der Waals surface area contributed by atoms with Crippen molar-refractivity contribution in [1.82, 2.24) is 0 Å². The van der Waals surface area contributed by atoms with Crippen LogP contribution >= 0.6 is 0 Å². The molecule has 68 valence electrons. The lowest BCUT2D eigenvalue weighted by molar-refractivity contribution is 0.137. The Balaban J connectivity index is 2.29. The fourth-order valence-corrected chi connectivity index (χ4v) is 1.98. The standard InChI is InChI=1S/C10H12O2Si/c1-3-10(2)11-8-6-4-5-7-9(8)12-13-10/h4-7H,3H2,1-2H3. The average Bonchev–Trinajstić information content (AvgIpc) is 2.18. The lowest BCUT2D eigenvalue weighted by atomic mass is 10.2. The molecule has 2 nitrogen and oxygen atoms in total. The molecule has 1 aromatic rings. The Bertz CT molecular complexity index is 314. The molecule has 1 heterocycles. The highest BCUT2D eigenvalue weighted by molar-refractivity contribution is 6.33. The number of benzene rings is 1. The summed E-state index contributed by atoms with van der Waals surface area (Å²) in [6.07, 6.45) is 0.972. The summed E-state index contributed by atoms with van der Waals surface area (Å²) in [6, 6.07) is 7.82. The van der Waals surface area contributed by atoms with E-state index in [2.05, 4.69) is 13.8 Å². The fraction of sp³-hybridized carbons (Fsp3) is 0.400. The van der Waals surface area contributed by atoms with Gasteiger partial charge in [-0.3, -0.25) is 0 Å². The zero-order chi connectivity index (χ0) is 9.31. The van der Waals surface area contributed by atoms with Crippen molar-refractivity contribution in [2.24, 2.45) is 0 Å². The maximum atomic E-state index is 5.86. The second-order valence-corrected chi connectivity index (χ2v) is 4.80. The van der Waals surface area contributed by atoms with Crippen LogP contribution in [0.25, 0.3) is 0 Å².